The van der Waals surface area contributed by atoms with Crippen molar-refractivity contribution < 1.29 is 0 Å². The van der Waals surface area contributed by atoms with Crippen molar-refractivity contribution in [1.29, 1.82) is 0 Å². The Morgan fingerprint density at radius 3 is 0.481 bits per heavy atom. The third kappa shape index (κ3) is 78.5. The molecule has 4 heteroatoms. The third-order valence-corrected chi connectivity index (χ3v) is 17.7. The van der Waals surface area contributed by atoms with Gasteiger partial charge in [0.25, 0.3) is 0 Å². The Labute approximate surface area is 545 Å². The standard InChI is InChI=1S/C18H38.C10H22.3C8H18S.2C8H16.C8H15.CH4.H2S/c1-11(2)15(9)17(13(5)6)18(14(7)8)16(10)12(3)4;1-7(2)9(5)10(6)8(3)4;3*1-6(2)5-8(9)7(3)4;3*1-7(2)5-6-8(3)4;;/h11-18H,1-10H3;7-10H,1-6H3;3*6-9H,5H2,1-4H3;2*5-8H,1-4H3;5-8H,1H2,2-4H3;1H4;1H2/q;;;;;;;+1;;/b;;;;;3*6-5-;;. The molecule has 81 heavy (non-hydrogen) atoms. The van der Waals surface area contributed by atoms with Crippen LogP contribution in [0, 0.1) is 149 Å². The molecule has 0 aromatic carbocycles. The predicted molar refractivity (Wildman–Crippen MR) is 407 cm³/mol. The molecule has 0 rings (SSSR count). The average molecular weight is 1220 g/mol. The van der Waals surface area contributed by atoms with Crippen molar-refractivity contribution in [2.24, 2.45) is 142 Å². The zero-order valence-corrected chi connectivity index (χ0v) is 66.4. The van der Waals surface area contributed by atoms with Crippen molar-refractivity contribution >= 4 is 51.4 Å². The van der Waals surface area contributed by atoms with Crippen LogP contribution in [0.1, 0.15) is 297 Å². The lowest BCUT2D eigenvalue weighted by molar-refractivity contribution is 0.0504. The summed E-state index contributed by atoms with van der Waals surface area (Å²) in [5, 5.41) is 1.76. The Morgan fingerprint density at radius 1 is 0.247 bits per heavy atom. The molecule has 0 heterocycles. The first-order valence-corrected chi connectivity index (χ1v) is 35.0. The summed E-state index contributed by atoms with van der Waals surface area (Å²) < 4.78 is 0. The molecule has 0 bridgehead atoms. The van der Waals surface area contributed by atoms with E-state index in [2.05, 4.69) is 351 Å². The van der Waals surface area contributed by atoms with Crippen LogP contribution in [0.3, 0.4) is 0 Å². The molecule has 0 aliphatic rings. The van der Waals surface area contributed by atoms with Gasteiger partial charge in [0.15, 0.2) is 0 Å². The smallest absolute Gasteiger partial charge is 0.110 e. The Kier molecular flexibility index (Phi) is 79.2. The molecule has 0 saturated carbocycles. The maximum absolute atomic E-state index is 4.46. The minimum absolute atomic E-state index is 0. The van der Waals surface area contributed by atoms with E-state index >= 15 is 0 Å². The molecule has 0 radical (unpaired) electrons. The molecule has 10 atom stereocenters. The van der Waals surface area contributed by atoms with Crippen molar-refractivity contribution in [2.75, 3.05) is 0 Å². The minimum atomic E-state index is 0. The molecule has 0 amide bonds. The maximum Gasteiger partial charge on any atom is 0.110 e. The zero-order valence-electron chi connectivity index (χ0n) is 62.7. The van der Waals surface area contributed by atoms with Gasteiger partial charge in [-0.3, -0.25) is 0 Å². The summed E-state index contributed by atoms with van der Waals surface area (Å²) in [5.74, 6) is 18.3. The number of rotatable bonds is 25. The normalized spacial score (nSPS) is 15.5. The van der Waals surface area contributed by atoms with Gasteiger partial charge in [0.1, 0.15) is 5.92 Å². The fourth-order valence-electron chi connectivity index (χ4n) is 8.47. The predicted octanol–water partition coefficient (Wildman–Crippen LogP) is 27.8. The van der Waals surface area contributed by atoms with E-state index in [0.717, 1.165) is 107 Å². The van der Waals surface area contributed by atoms with Crippen LogP contribution in [0.15, 0.2) is 36.5 Å². The third-order valence-electron chi connectivity index (χ3n) is 15.3. The van der Waals surface area contributed by atoms with E-state index in [-0.39, 0.29) is 20.9 Å². The minimum Gasteiger partial charge on any atom is -0.197 e. The van der Waals surface area contributed by atoms with Crippen LogP contribution in [-0.2, 0) is 0 Å². The molecule has 0 nitrogen and oxygen atoms in total. The Morgan fingerprint density at radius 2 is 0.407 bits per heavy atom. The fourth-order valence-corrected chi connectivity index (χ4v) is 9.74. The van der Waals surface area contributed by atoms with Crippen molar-refractivity contribution in [3.8, 4) is 0 Å². The van der Waals surface area contributed by atoms with Gasteiger partial charge in [-0.1, -0.05) is 301 Å². The number of hydrogen-bond donors (Lipinski definition) is 3. The van der Waals surface area contributed by atoms with Crippen LogP contribution in [-0.4, -0.2) is 15.7 Å². The summed E-state index contributed by atoms with van der Waals surface area (Å²) in [7, 11) is 0. The largest absolute Gasteiger partial charge is 0.197 e. The van der Waals surface area contributed by atoms with Gasteiger partial charge in [0.2, 0.25) is 0 Å². The summed E-state index contributed by atoms with van der Waals surface area (Å²) >= 11 is 13.4. The maximum atomic E-state index is 4.46. The SMILES string of the molecule is C.CC(C)/C=C\C(C)C.CC(C)/C=C\C(C)C.CC(C)C(C)C(C(C)C)C(C(C)C)C(C)C(C)C.CC(C)C(C)C(C)C(C)C.CC(C)CC(S)C(C)C.CC(C)CC(S)C(C)C.CC(C)CC(S)C(C)C.S.[CH2+]C(C)/C=C\C(C)C. The second-order valence-electron chi connectivity index (χ2n) is 30.7. The second kappa shape index (κ2) is 62.1. The summed E-state index contributed by atoms with van der Waals surface area (Å²) in [6.45, 7) is 92.7. The van der Waals surface area contributed by atoms with Crippen LogP contribution >= 0.6 is 51.4 Å². The zero-order chi connectivity index (χ0) is 65.0. The Balaban J connectivity index is -0.0000000903. The van der Waals surface area contributed by atoms with Crippen LogP contribution in [0.2, 0.25) is 0 Å². The highest BCUT2D eigenvalue weighted by Crippen LogP contribution is 2.43. The molecular formula is C77H167S4+. The van der Waals surface area contributed by atoms with Gasteiger partial charge < -0.3 is 0 Å². The number of hydrogen-bond acceptors (Lipinski definition) is 3. The Hall–Kier alpha value is 0.490. The van der Waals surface area contributed by atoms with Gasteiger partial charge in [-0.2, -0.15) is 51.4 Å². The molecule has 0 aromatic heterocycles. The molecule has 0 N–H and O–H groups in total. The van der Waals surface area contributed by atoms with Crippen LogP contribution in [0.5, 0.6) is 0 Å². The van der Waals surface area contributed by atoms with Gasteiger partial charge in [-0.25, -0.2) is 0 Å². The summed E-state index contributed by atoms with van der Waals surface area (Å²) in [6, 6.07) is 0. The lowest BCUT2D eigenvalue weighted by atomic mass is 9.62. The van der Waals surface area contributed by atoms with E-state index in [1.54, 1.807) is 0 Å². The highest BCUT2D eigenvalue weighted by atomic mass is 32.1. The van der Waals surface area contributed by atoms with E-state index in [0.29, 0.717) is 51.3 Å². The summed E-state index contributed by atoms with van der Waals surface area (Å²) in [6.07, 6.45) is 17.0. The fraction of sp³-hybridized carbons (Fsp3) is 0.909. The van der Waals surface area contributed by atoms with Crippen LogP contribution in [0.25, 0.3) is 0 Å². The first-order chi connectivity index (χ1) is 35.6. The van der Waals surface area contributed by atoms with Crippen molar-refractivity contribution in [3.05, 3.63) is 43.4 Å². The molecule has 0 saturated heterocycles. The van der Waals surface area contributed by atoms with Gasteiger partial charge in [0.05, 0.1) is 6.92 Å². The summed E-state index contributed by atoms with van der Waals surface area (Å²) in [4.78, 5) is 0. The van der Waals surface area contributed by atoms with Gasteiger partial charge in [-0.05, 0) is 168 Å². The molecule has 498 valence electrons. The molecule has 0 aliphatic carbocycles. The second-order valence-corrected chi connectivity index (χ2v) is 32.7. The lowest BCUT2D eigenvalue weighted by Gasteiger charge is -2.43. The topological polar surface area (TPSA) is 0 Å². The molecule has 0 fully saturated rings. The Bertz CT molecular complexity index is 1120. The van der Waals surface area contributed by atoms with E-state index < -0.39 is 0 Å². The van der Waals surface area contributed by atoms with Crippen LogP contribution in [0.4, 0.5) is 0 Å². The lowest BCUT2D eigenvalue weighted by Crippen LogP contribution is -2.37. The van der Waals surface area contributed by atoms with Crippen molar-refractivity contribution in [2.45, 2.75) is 312 Å². The van der Waals surface area contributed by atoms with Gasteiger partial charge in [-0.15, -0.1) is 0 Å². The average Bonchev–Trinajstić information content (AvgIpc) is 3.28. The van der Waals surface area contributed by atoms with Gasteiger partial charge in [0, 0.05) is 15.7 Å². The van der Waals surface area contributed by atoms with Crippen molar-refractivity contribution in [1.82, 2.24) is 0 Å². The number of thiol groups is 3. The first-order valence-electron chi connectivity index (χ1n) is 33.5. The summed E-state index contributed by atoms with van der Waals surface area (Å²) in [5.41, 5.74) is 0. The quantitative estimate of drug-likeness (QED) is 0.0453. The first kappa shape index (κ1) is 103. The monoisotopic (exact) mass is 1220 g/mol. The van der Waals surface area contributed by atoms with E-state index in [1.165, 1.54) is 19.3 Å². The molecule has 0 spiro atoms. The van der Waals surface area contributed by atoms with E-state index in [4.69, 9.17) is 0 Å². The number of allylic oxidation sites excluding steroid dienone is 6. The van der Waals surface area contributed by atoms with Crippen LogP contribution < -0.4 is 0 Å². The molecule has 0 aliphatic heterocycles. The molecule has 10 unspecified atom stereocenters. The highest BCUT2D eigenvalue weighted by Gasteiger charge is 2.36. The molecular weight excluding hydrogens is 1050 g/mol. The van der Waals surface area contributed by atoms with E-state index in [9.17, 15) is 0 Å². The highest BCUT2D eigenvalue weighted by molar-refractivity contribution is 7.81. The van der Waals surface area contributed by atoms with E-state index in [1.807, 2.05) is 0 Å². The van der Waals surface area contributed by atoms with Gasteiger partial charge >= 0.3 is 0 Å². The van der Waals surface area contributed by atoms with Crippen molar-refractivity contribution in [3.63, 3.8) is 0 Å². The molecule has 0 aromatic rings.